The average molecular weight is 272 g/mol. The molecule has 0 aliphatic carbocycles. The van der Waals surface area contributed by atoms with Crippen LogP contribution in [0.4, 0.5) is 0 Å². The summed E-state index contributed by atoms with van der Waals surface area (Å²) in [7, 11) is 0. The van der Waals surface area contributed by atoms with Gasteiger partial charge in [0, 0.05) is 31.7 Å². The molecule has 2 N–H and O–H groups in total. The minimum atomic E-state index is 0.234. The Morgan fingerprint density at radius 3 is 2.68 bits per heavy atom. The third kappa shape index (κ3) is 6.21. The SMILES string of the molecule is CCCNCC1(CN(CCC)CCO)CCCOC1. The quantitative estimate of drug-likeness (QED) is 0.591. The molecule has 0 radical (unpaired) electrons. The van der Waals surface area contributed by atoms with Crippen molar-refractivity contribution >= 4 is 0 Å². The molecular weight excluding hydrogens is 240 g/mol. The minimum Gasteiger partial charge on any atom is -0.395 e. The topological polar surface area (TPSA) is 44.7 Å². The highest BCUT2D eigenvalue weighted by Crippen LogP contribution is 2.29. The van der Waals surface area contributed by atoms with Gasteiger partial charge in [0.15, 0.2) is 0 Å². The van der Waals surface area contributed by atoms with Crippen molar-refractivity contribution in [2.24, 2.45) is 5.41 Å². The van der Waals surface area contributed by atoms with Crippen LogP contribution in [-0.2, 0) is 4.74 Å². The number of ether oxygens (including phenoxy) is 1. The van der Waals surface area contributed by atoms with E-state index in [4.69, 9.17) is 4.74 Å². The highest BCUT2D eigenvalue weighted by atomic mass is 16.5. The summed E-state index contributed by atoms with van der Waals surface area (Å²) in [6.07, 6.45) is 4.70. The summed E-state index contributed by atoms with van der Waals surface area (Å²) >= 11 is 0. The van der Waals surface area contributed by atoms with E-state index in [1.165, 1.54) is 12.8 Å². The number of hydrogen-bond acceptors (Lipinski definition) is 4. The molecule has 114 valence electrons. The largest absolute Gasteiger partial charge is 0.395 e. The Hall–Kier alpha value is -0.160. The third-order valence-corrected chi connectivity index (χ3v) is 3.85. The van der Waals surface area contributed by atoms with Crippen LogP contribution in [-0.4, -0.2) is 62.6 Å². The van der Waals surface area contributed by atoms with E-state index >= 15 is 0 Å². The molecular formula is C15H32N2O2. The Bertz CT molecular complexity index is 212. The molecule has 0 aromatic rings. The Morgan fingerprint density at radius 1 is 1.26 bits per heavy atom. The molecule has 1 aliphatic rings. The molecule has 1 fully saturated rings. The van der Waals surface area contributed by atoms with Crippen molar-refractivity contribution in [3.63, 3.8) is 0 Å². The van der Waals surface area contributed by atoms with Crippen LogP contribution in [0.15, 0.2) is 0 Å². The summed E-state index contributed by atoms with van der Waals surface area (Å²) in [6, 6.07) is 0. The maximum absolute atomic E-state index is 9.20. The molecule has 0 aromatic carbocycles. The summed E-state index contributed by atoms with van der Waals surface area (Å²) in [5, 5.41) is 12.8. The van der Waals surface area contributed by atoms with Crippen LogP contribution in [0.3, 0.4) is 0 Å². The van der Waals surface area contributed by atoms with Crippen LogP contribution < -0.4 is 5.32 Å². The molecule has 1 rings (SSSR count). The number of aliphatic hydroxyl groups excluding tert-OH is 1. The summed E-state index contributed by atoms with van der Waals surface area (Å²) in [4.78, 5) is 2.39. The second kappa shape index (κ2) is 9.70. The van der Waals surface area contributed by atoms with Crippen molar-refractivity contribution in [2.45, 2.75) is 39.5 Å². The van der Waals surface area contributed by atoms with Gasteiger partial charge in [-0.15, -0.1) is 0 Å². The average Bonchev–Trinajstić information content (AvgIpc) is 2.41. The Kier molecular flexibility index (Phi) is 8.62. The lowest BCUT2D eigenvalue weighted by molar-refractivity contribution is -0.0279. The van der Waals surface area contributed by atoms with Gasteiger partial charge in [0.25, 0.3) is 0 Å². The lowest BCUT2D eigenvalue weighted by Crippen LogP contribution is -2.49. The van der Waals surface area contributed by atoms with Crippen LogP contribution >= 0.6 is 0 Å². The molecule has 19 heavy (non-hydrogen) atoms. The first-order valence-corrected chi connectivity index (χ1v) is 7.88. The van der Waals surface area contributed by atoms with E-state index in [2.05, 4.69) is 24.1 Å². The van der Waals surface area contributed by atoms with Gasteiger partial charge in [-0.25, -0.2) is 0 Å². The van der Waals surface area contributed by atoms with Crippen molar-refractivity contribution in [3.8, 4) is 0 Å². The maximum Gasteiger partial charge on any atom is 0.0558 e. The predicted octanol–water partition coefficient (Wildman–Crippen LogP) is 1.49. The molecule has 1 aliphatic heterocycles. The van der Waals surface area contributed by atoms with Crippen LogP contribution in [0, 0.1) is 5.41 Å². The van der Waals surface area contributed by atoms with E-state index in [-0.39, 0.29) is 12.0 Å². The van der Waals surface area contributed by atoms with E-state index in [0.717, 1.165) is 58.8 Å². The van der Waals surface area contributed by atoms with Gasteiger partial charge in [-0.3, -0.25) is 0 Å². The minimum absolute atomic E-state index is 0.234. The zero-order valence-corrected chi connectivity index (χ0v) is 12.8. The van der Waals surface area contributed by atoms with E-state index in [9.17, 15) is 5.11 Å². The van der Waals surface area contributed by atoms with Crippen LogP contribution in [0.2, 0.25) is 0 Å². The first-order valence-electron chi connectivity index (χ1n) is 7.88. The first kappa shape index (κ1) is 16.9. The van der Waals surface area contributed by atoms with Gasteiger partial charge in [-0.05, 0) is 38.8 Å². The smallest absolute Gasteiger partial charge is 0.0558 e. The lowest BCUT2D eigenvalue weighted by atomic mass is 9.81. The fourth-order valence-electron chi connectivity index (χ4n) is 2.96. The van der Waals surface area contributed by atoms with Gasteiger partial charge < -0.3 is 20.1 Å². The number of hydrogen-bond donors (Lipinski definition) is 2. The summed E-state index contributed by atoms with van der Waals surface area (Å²) in [6.45, 7) is 11.4. The highest BCUT2D eigenvalue weighted by Gasteiger charge is 2.34. The number of nitrogens with zero attached hydrogens (tertiary/aromatic N) is 1. The van der Waals surface area contributed by atoms with Gasteiger partial charge in [-0.1, -0.05) is 13.8 Å². The number of aliphatic hydroxyl groups is 1. The number of rotatable bonds is 10. The molecule has 1 saturated heterocycles. The van der Waals surface area contributed by atoms with E-state index in [1.54, 1.807) is 0 Å². The van der Waals surface area contributed by atoms with Gasteiger partial charge in [0.2, 0.25) is 0 Å². The summed E-state index contributed by atoms with van der Waals surface area (Å²) in [5.74, 6) is 0. The maximum atomic E-state index is 9.20. The van der Waals surface area contributed by atoms with E-state index in [1.807, 2.05) is 0 Å². The molecule has 4 heteroatoms. The monoisotopic (exact) mass is 272 g/mol. The van der Waals surface area contributed by atoms with Crippen LogP contribution in [0.25, 0.3) is 0 Å². The molecule has 4 nitrogen and oxygen atoms in total. The summed E-state index contributed by atoms with van der Waals surface area (Å²) in [5.41, 5.74) is 0.234. The summed E-state index contributed by atoms with van der Waals surface area (Å²) < 4.78 is 5.74. The van der Waals surface area contributed by atoms with Crippen LogP contribution in [0.5, 0.6) is 0 Å². The number of nitrogens with one attached hydrogen (secondary N) is 1. The van der Waals surface area contributed by atoms with E-state index in [0.29, 0.717) is 0 Å². The lowest BCUT2D eigenvalue weighted by Gasteiger charge is -2.41. The molecule has 1 unspecified atom stereocenters. The first-order chi connectivity index (χ1) is 9.26. The molecule has 1 heterocycles. The molecule has 0 aromatic heterocycles. The Balaban J connectivity index is 2.55. The van der Waals surface area contributed by atoms with Crippen molar-refractivity contribution in [3.05, 3.63) is 0 Å². The molecule has 0 amide bonds. The second-order valence-corrected chi connectivity index (χ2v) is 5.83. The zero-order valence-electron chi connectivity index (χ0n) is 12.8. The fourth-order valence-corrected chi connectivity index (χ4v) is 2.96. The normalized spacial score (nSPS) is 24.0. The van der Waals surface area contributed by atoms with Gasteiger partial charge >= 0.3 is 0 Å². The van der Waals surface area contributed by atoms with E-state index < -0.39 is 0 Å². The molecule has 0 saturated carbocycles. The van der Waals surface area contributed by atoms with Gasteiger partial charge in [0.05, 0.1) is 13.2 Å². The molecule has 0 bridgehead atoms. The van der Waals surface area contributed by atoms with Gasteiger partial charge in [0.1, 0.15) is 0 Å². The van der Waals surface area contributed by atoms with Crippen molar-refractivity contribution in [1.29, 1.82) is 0 Å². The predicted molar refractivity (Wildman–Crippen MR) is 79.5 cm³/mol. The molecule has 0 spiro atoms. The third-order valence-electron chi connectivity index (χ3n) is 3.85. The fraction of sp³-hybridized carbons (Fsp3) is 1.00. The van der Waals surface area contributed by atoms with Crippen molar-refractivity contribution in [2.75, 3.05) is 52.5 Å². The highest BCUT2D eigenvalue weighted by molar-refractivity contribution is 4.87. The van der Waals surface area contributed by atoms with Gasteiger partial charge in [-0.2, -0.15) is 0 Å². The van der Waals surface area contributed by atoms with Crippen LogP contribution in [0.1, 0.15) is 39.5 Å². The Labute approximate surface area is 118 Å². The second-order valence-electron chi connectivity index (χ2n) is 5.83. The van der Waals surface area contributed by atoms with Crippen molar-refractivity contribution < 1.29 is 9.84 Å². The van der Waals surface area contributed by atoms with Crippen molar-refractivity contribution in [1.82, 2.24) is 10.2 Å². The molecule has 1 atom stereocenters. The zero-order chi connectivity index (χ0) is 14.0. The Morgan fingerprint density at radius 2 is 2.11 bits per heavy atom. The standard InChI is InChI=1S/C15H32N2O2/c1-3-7-16-12-15(6-5-11-19-14-15)13-17(8-4-2)9-10-18/h16,18H,3-14H2,1-2H3.